The first-order valence-corrected chi connectivity index (χ1v) is 19.4. The van der Waals surface area contributed by atoms with Gasteiger partial charge >= 0.3 is 6.09 Å². The molecule has 0 bridgehead atoms. The minimum Gasteiger partial charge on any atom is -0.453 e. The maximum Gasteiger partial charge on any atom is 0.407 e. The van der Waals surface area contributed by atoms with Crippen LogP contribution in [0, 0.1) is 38.0 Å². The fourth-order valence-electron chi connectivity index (χ4n) is 7.78. The largest absolute Gasteiger partial charge is 0.453 e. The summed E-state index contributed by atoms with van der Waals surface area (Å²) >= 11 is 0. The summed E-state index contributed by atoms with van der Waals surface area (Å²) in [4.78, 5) is 91.5. The number of ether oxygens (including phenoxy) is 1. The van der Waals surface area contributed by atoms with Gasteiger partial charge in [0.15, 0.2) is 0 Å². The van der Waals surface area contributed by atoms with E-state index in [1.807, 2.05) is 20.8 Å². The van der Waals surface area contributed by atoms with Gasteiger partial charge < -0.3 is 35.8 Å². The molecule has 0 saturated carbocycles. The molecule has 0 radical (unpaired) electrons. The smallest absolute Gasteiger partial charge is 0.407 e. The lowest BCUT2D eigenvalue weighted by Crippen LogP contribution is -2.54. The van der Waals surface area contributed by atoms with Crippen LogP contribution in [0.15, 0.2) is 36.4 Å². The molecule has 18 nitrogen and oxygen atoms in total. The molecule has 0 aromatic heterocycles. The van der Waals surface area contributed by atoms with Crippen molar-refractivity contribution >= 4 is 52.5 Å². The van der Waals surface area contributed by atoms with E-state index in [0.717, 1.165) is 0 Å². The van der Waals surface area contributed by atoms with Crippen LogP contribution >= 0.6 is 0 Å². The first-order valence-electron chi connectivity index (χ1n) is 19.4. The Morgan fingerprint density at radius 2 is 1.18 bits per heavy atom. The summed E-state index contributed by atoms with van der Waals surface area (Å²) in [7, 11) is 1.18. The molecule has 4 N–H and O–H groups in total. The van der Waals surface area contributed by atoms with Crippen molar-refractivity contribution in [3.63, 3.8) is 0 Å². The Bertz CT molecular complexity index is 1900. The van der Waals surface area contributed by atoms with Gasteiger partial charge in [-0.2, -0.15) is 0 Å². The molecule has 3 saturated heterocycles. The lowest BCUT2D eigenvalue weighted by atomic mass is 9.96. The van der Waals surface area contributed by atoms with Gasteiger partial charge in [0.1, 0.15) is 29.5 Å². The van der Waals surface area contributed by atoms with E-state index < -0.39 is 51.8 Å². The minimum atomic E-state index is -0.934. The summed E-state index contributed by atoms with van der Waals surface area (Å²) in [5, 5.41) is 35.7. The highest BCUT2D eigenvalue weighted by atomic mass is 16.6. The van der Waals surface area contributed by atoms with Crippen LogP contribution in [0.2, 0.25) is 0 Å². The molecule has 5 rings (SSSR count). The number of nitro benzene ring substituents is 2. The van der Waals surface area contributed by atoms with E-state index in [1.165, 1.54) is 36.3 Å². The standard InChI is InChI=1S/C39H52N8O10/c1-21(2)23(5)37(50)44-17-7-9-30(44)35(48)41-28-13-11-24(19-32(28)46(53)54)26-15-16-27(40-26)25-12-14-29(33(20-25)47(55)56)42-36(49)31-10-8-18-45(31)38(51)34(22(3)4)43-39(52)57-6/h11-14,19-23,26-27,30-31,34,40H,7-10,15-18H2,1-6H3,(H,41,48)(H,42,49)(H,43,52). The van der Waals surface area contributed by atoms with E-state index in [-0.39, 0.29) is 65.0 Å². The van der Waals surface area contributed by atoms with Crippen molar-refractivity contribution in [2.24, 2.45) is 17.8 Å². The summed E-state index contributed by atoms with van der Waals surface area (Å²) in [6.45, 7) is 9.94. The molecule has 3 fully saturated rings. The average molecular weight is 793 g/mol. The van der Waals surface area contributed by atoms with Gasteiger partial charge in [0.2, 0.25) is 23.6 Å². The average Bonchev–Trinajstić information content (AvgIpc) is 3.98. The van der Waals surface area contributed by atoms with Crippen LogP contribution in [0.4, 0.5) is 27.5 Å². The highest BCUT2D eigenvalue weighted by molar-refractivity contribution is 6.00. The van der Waals surface area contributed by atoms with Crippen LogP contribution in [-0.4, -0.2) is 87.7 Å². The van der Waals surface area contributed by atoms with Gasteiger partial charge in [-0.1, -0.05) is 46.8 Å². The molecule has 6 atom stereocenters. The van der Waals surface area contributed by atoms with Crippen molar-refractivity contribution in [1.29, 1.82) is 0 Å². The van der Waals surface area contributed by atoms with Crippen LogP contribution < -0.4 is 21.3 Å². The van der Waals surface area contributed by atoms with Crippen LogP contribution in [-0.2, 0) is 23.9 Å². The third-order valence-electron chi connectivity index (χ3n) is 11.4. The quantitative estimate of drug-likeness (QED) is 0.152. The Balaban J connectivity index is 1.26. The predicted octanol–water partition coefficient (Wildman–Crippen LogP) is 5.20. The molecule has 308 valence electrons. The number of anilines is 2. The summed E-state index contributed by atoms with van der Waals surface area (Å²) in [5.74, 6) is -2.11. The van der Waals surface area contributed by atoms with Crippen molar-refractivity contribution in [3.05, 3.63) is 67.8 Å². The first-order chi connectivity index (χ1) is 27.0. The van der Waals surface area contributed by atoms with Gasteiger partial charge in [0.05, 0.1) is 17.0 Å². The Hall–Kier alpha value is -5.65. The zero-order valence-electron chi connectivity index (χ0n) is 33.1. The maximum atomic E-state index is 13.5. The SMILES string of the molecule is COC(=O)NC(C(=O)N1CCCC1C(=O)Nc1ccc(C2CCC(c3ccc(NC(=O)C4CCCN4C(=O)C(C)C(C)C)c([N+](=O)[O-])c3)N2)cc1[N+](=O)[O-])C(C)C. The van der Waals surface area contributed by atoms with Crippen LogP contribution in [0.25, 0.3) is 0 Å². The molecule has 5 amide bonds. The number of carbonyl (C=O) groups excluding carboxylic acids is 5. The van der Waals surface area contributed by atoms with E-state index in [1.54, 1.807) is 30.9 Å². The van der Waals surface area contributed by atoms with Gasteiger partial charge in [-0.3, -0.25) is 39.4 Å². The van der Waals surface area contributed by atoms with Crippen molar-refractivity contribution in [3.8, 4) is 0 Å². The number of nitrogens with one attached hydrogen (secondary N) is 4. The van der Waals surface area contributed by atoms with E-state index in [2.05, 4.69) is 26.0 Å². The number of alkyl carbamates (subject to hydrolysis) is 1. The van der Waals surface area contributed by atoms with E-state index in [9.17, 15) is 44.2 Å². The Labute approximate surface area is 330 Å². The number of rotatable bonds is 13. The number of nitrogens with zero attached hydrogens (tertiary/aromatic N) is 4. The molecular weight excluding hydrogens is 740 g/mol. The summed E-state index contributed by atoms with van der Waals surface area (Å²) < 4.78 is 4.65. The summed E-state index contributed by atoms with van der Waals surface area (Å²) in [6.07, 6.45) is 2.31. The lowest BCUT2D eigenvalue weighted by molar-refractivity contribution is -0.384. The van der Waals surface area contributed by atoms with Crippen molar-refractivity contribution in [1.82, 2.24) is 20.4 Å². The Morgan fingerprint density at radius 1 is 0.719 bits per heavy atom. The van der Waals surface area contributed by atoms with Gasteiger partial charge in [0.25, 0.3) is 11.4 Å². The van der Waals surface area contributed by atoms with E-state index in [4.69, 9.17) is 0 Å². The molecule has 57 heavy (non-hydrogen) atoms. The Morgan fingerprint density at radius 3 is 1.58 bits per heavy atom. The summed E-state index contributed by atoms with van der Waals surface area (Å²) in [6, 6.07) is 5.81. The lowest BCUT2D eigenvalue weighted by Gasteiger charge is -2.30. The monoisotopic (exact) mass is 792 g/mol. The second-order valence-electron chi connectivity index (χ2n) is 15.7. The van der Waals surface area contributed by atoms with Crippen LogP contribution in [0.1, 0.15) is 96.4 Å². The number of hydrogen-bond donors (Lipinski definition) is 4. The van der Waals surface area contributed by atoms with E-state index in [0.29, 0.717) is 56.2 Å². The molecule has 2 aromatic rings. The number of likely N-dealkylation sites (tertiary alicyclic amines) is 2. The van der Waals surface area contributed by atoms with Gasteiger partial charge in [-0.25, -0.2) is 4.79 Å². The highest BCUT2D eigenvalue weighted by Crippen LogP contribution is 2.39. The predicted molar refractivity (Wildman–Crippen MR) is 209 cm³/mol. The molecule has 0 spiro atoms. The topological polar surface area (TPSA) is 235 Å². The normalized spacial score (nSPS) is 21.6. The zero-order valence-corrected chi connectivity index (χ0v) is 33.1. The third kappa shape index (κ3) is 9.49. The Kier molecular flexibility index (Phi) is 13.5. The highest BCUT2D eigenvalue weighted by Gasteiger charge is 2.40. The fraction of sp³-hybridized carbons (Fsp3) is 0.564. The molecular formula is C39H52N8O10. The van der Waals surface area contributed by atoms with E-state index >= 15 is 0 Å². The molecule has 18 heteroatoms. The number of hydrogen-bond acceptors (Lipinski definition) is 11. The molecule has 0 aliphatic carbocycles. The molecule has 3 aliphatic rings. The zero-order chi connectivity index (χ0) is 41.7. The number of nitro groups is 2. The van der Waals surface area contributed by atoms with Crippen molar-refractivity contribution in [2.75, 3.05) is 30.8 Å². The number of methoxy groups -OCH3 is 1. The van der Waals surface area contributed by atoms with Gasteiger partial charge in [-0.05, 0) is 73.6 Å². The van der Waals surface area contributed by atoms with Crippen molar-refractivity contribution < 1.29 is 38.6 Å². The first kappa shape index (κ1) is 42.5. The molecule has 3 heterocycles. The molecule has 3 aliphatic heterocycles. The number of benzene rings is 2. The molecule has 6 unspecified atom stereocenters. The molecule has 2 aromatic carbocycles. The van der Waals surface area contributed by atoms with Crippen molar-refractivity contribution in [2.45, 2.75) is 103 Å². The fourth-order valence-corrected chi connectivity index (χ4v) is 7.78. The number of carbonyl (C=O) groups is 5. The van der Waals surface area contributed by atoms with Crippen LogP contribution in [0.5, 0.6) is 0 Å². The summed E-state index contributed by atoms with van der Waals surface area (Å²) in [5.41, 5.74) is 0.524. The van der Waals surface area contributed by atoms with Crippen LogP contribution in [0.3, 0.4) is 0 Å². The minimum absolute atomic E-state index is 0.0236. The third-order valence-corrected chi connectivity index (χ3v) is 11.4. The van der Waals surface area contributed by atoms with Gasteiger partial charge in [0, 0.05) is 43.2 Å². The maximum absolute atomic E-state index is 13.5. The van der Waals surface area contributed by atoms with Gasteiger partial charge in [-0.15, -0.1) is 0 Å². The second kappa shape index (κ2) is 18.1. The second-order valence-corrected chi connectivity index (χ2v) is 15.7. The number of amides is 5.